The van der Waals surface area contributed by atoms with Gasteiger partial charge in [-0.2, -0.15) is 0 Å². The summed E-state index contributed by atoms with van der Waals surface area (Å²) in [5.41, 5.74) is 1.67. The number of halogens is 1. The maximum absolute atomic E-state index is 11.7. The Kier molecular flexibility index (Phi) is 5.50. The van der Waals surface area contributed by atoms with Crippen molar-refractivity contribution in [3.05, 3.63) is 53.1 Å². The average molecular weight is 400 g/mol. The molecule has 0 saturated carbocycles. The predicted molar refractivity (Wildman–Crippen MR) is 109 cm³/mol. The van der Waals surface area contributed by atoms with Crippen molar-refractivity contribution in [3.8, 4) is 11.5 Å². The van der Waals surface area contributed by atoms with Gasteiger partial charge in [-0.15, -0.1) is 0 Å². The highest BCUT2D eigenvalue weighted by molar-refractivity contribution is 6.31. The summed E-state index contributed by atoms with van der Waals surface area (Å²) < 4.78 is 11.2. The van der Waals surface area contributed by atoms with Crippen LogP contribution in [-0.4, -0.2) is 60.9 Å². The molecule has 0 N–H and O–H groups in total. The summed E-state index contributed by atoms with van der Waals surface area (Å²) in [7, 11) is 0. The van der Waals surface area contributed by atoms with E-state index in [0.717, 1.165) is 54.8 Å². The van der Waals surface area contributed by atoms with Gasteiger partial charge in [0.2, 0.25) is 0 Å². The number of benzene rings is 2. The molecule has 146 valence electrons. The van der Waals surface area contributed by atoms with Gasteiger partial charge in [-0.1, -0.05) is 23.7 Å². The molecule has 1 saturated heterocycles. The normalized spacial score (nSPS) is 16.4. The Morgan fingerprint density at radius 3 is 2.71 bits per heavy atom. The van der Waals surface area contributed by atoms with Gasteiger partial charge in [0.25, 0.3) is 0 Å². The van der Waals surface area contributed by atoms with Crippen molar-refractivity contribution >= 4 is 29.1 Å². The molecule has 2 heterocycles. The summed E-state index contributed by atoms with van der Waals surface area (Å²) in [5.74, 6) is 2.13. The van der Waals surface area contributed by atoms with Crippen molar-refractivity contribution in [3.63, 3.8) is 0 Å². The van der Waals surface area contributed by atoms with Crippen LogP contribution >= 0.6 is 11.6 Å². The van der Waals surface area contributed by atoms with Gasteiger partial charge < -0.3 is 14.4 Å². The second-order valence-corrected chi connectivity index (χ2v) is 7.15. The largest absolute Gasteiger partial charge is 0.465 e. The molecule has 0 spiro atoms. The molecule has 7 heteroatoms. The number of hydrogen-bond acceptors (Lipinski definition) is 6. The Morgan fingerprint density at radius 2 is 1.93 bits per heavy atom. The number of carbonyl (C=O) groups is 1. The monoisotopic (exact) mass is 399 g/mol. The highest BCUT2D eigenvalue weighted by atomic mass is 35.5. The smallest absolute Gasteiger partial charge is 0.320 e. The molecule has 0 bridgehead atoms. The van der Waals surface area contributed by atoms with Crippen LogP contribution in [0.4, 0.5) is 5.69 Å². The lowest BCUT2D eigenvalue weighted by molar-refractivity contribution is -0.144. The number of para-hydroxylation sites is 2. The average Bonchev–Trinajstić information content (AvgIpc) is 2.85. The van der Waals surface area contributed by atoms with Crippen molar-refractivity contribution in [2.24, 2.45) is 4.99 Å². The molecule has 0 radical (unpaired) electrons. The zero-order chi connectivity index (χ0) is 19.5. The van der Waals surface area contributed by atoms with E-state index in [4.69, 9.17) is 26.1 Å². The Morgan fingerprint density at radius 1 is 1.14 bits per heavy atom. The van der Waals surface area contributed by atoms with Crippen molar-refractivity contribution in [1.82, 2.24) is 9.80 Å². The Hall–Kier alpha value is -2.57. The molecule has 0 unspecified atom stereocenters. The molecule has 0 atom stereocenters. The number of aliphatic imine (C=N–C) groups is 1. The first-order chi connectivity index (χ1) is 13.6. The van der Waals surface area contributed by atoms with Gasteiger partial charge in [0, 0.05) is 31.2 Å². The van der Waals surface area contributed by atoms with Crippen LogP contribution < -0.4 is 4.74 Å². The molecule has 0 aliphatic carbocycles. The molecule has 2 aromatic rings. The van der Waals surface area contributed by atoms with Crippen LogP contribution in [-0.2, 0) is 9.53 Å². The fourth-order valence-electron chi connectivity index (χ4n) is 3.44. The first kappa shape index (κ1) is 18.8. The summed E-state index contributed by atoms with van der Waals surface area (Å²) in [4.78, 5) is 21.0. The van der Waals surface area contributed by atoms with Crippen molar-refractivity contribution in [2.45, 2.75) is 6.92 Å². The second kappa shape index (κ2) is 8.20. The van der Waals surface area contributed by atoms with Crippen LogP contribution in [0.5, 0.6) is 11.5 Å². The standard InChI is InChI=1S/C21H22ClN3O3/c1-2-27-20(26)14-24-9-11-25(12-10-24)21-16-13-15(22)7-8-18(16)28-19-6-4-3-5-17(19)23-21/h3-8,13H,2,9-12,14H2,1H3. The van der Waals surface area contributed by atoms with Gasteiger partial charge >= 0.3 is 5.97 Å². The SMILES string of the molecule is CCOC(=O)CN1CCN(C2=Nc3ccccc3Oc3ccc(Cl)cc32)CC1. The van der Waals surface area contributed by atoms with E-state index >= 15 is 0 Å². The van der Waals surface area contributed by atoms with Crippen molar-refractivity contribution in [2.75, 3.05) is 39.3 Å². The number of hydrogen-bond donors (Lipinski definition) is 0. The van der Waals surface area contributed by atoms with Gasteiger partial charge in [0.05, 0.1) is 18.7 Å². The summed E-state index contributed by atoms with van der Waals surface area (Å²) in [6, 6.07) is 13.3. The van der Waals surface area contributed by atoms with Gasteiger partial charge in [0.15, 0.2) is 5.75 Å². The molecule has 2 aliphatic heterocycles. The lowest BCUT2D eigenvalue weighted by Gasteiger charge is -2.36. The number of rotatable bonds is 3. The molecule has 2 aromatic carbocycles. The molecular formula is C21H22ClN3O3. The van der Waals surface area contributed by atoms with Gasteiger partial charge in [-0.25, -0.2) is 4.99 Å². The quantitative estimate of drug-likeness (QED) is 0.736. The van der Waals surface area contributed by atoms with E-state index in [-0.39, 0.29) is 5.97 Å². The minimum absolute atomic E-state index is 0.179. The van der Waals surface area contributed by atoms with Crippen LogP contribution in [0.1, 0.15) is 12.5 Å². The predicted octanol–water partition coefficient (Wildman–Crippen LogP) is 3.70. The minimum atomic E-state index is -0.179. The highest BCUT2D eigenvalue weighted by Gasteiger charge is 2.26. The second-order valence-electron chi connectivity index (χ2n) is 6.71. The van der Waals surface area contributed by atoms with Crippen LogP contribution in [0, 0.1) is 0 Å². The fraction of sp³-hybridized carbons (Fsp3) is 0.333. The zero-order valence-corrected chi connectivity index (χ0v) is 16.5. The van der Waals surface area contributed by atoms with Crippen LogP contribution in [0.3, 0.4) is 0 Å². The van der Waals surface area contributed by atoms with Crippen molar-refractivity contribution in [1.29, 1.82) is 0 Å². The topological polar surface area (TPSA) is 54.4 Å². The number of fused-ring (bicyclic) bond motifs is 2. The molecule has 6 nitrogen and oxygen atoms in total. The van der Waals surface area contributed by atoms with E-state index in [2.05, 4.69) is 9.80 Å². The first-order valence-corrected chi connectivity index (χ1v) is 9.80. The maximum Gasteiger partial charge on any atom is 0.320 e. The molecule has 4 rings (SSSR count). The molecule has 0 aromatic heterocycles. The summed E-state index contributed by atoms with van der Waals surface area (Å²) in [5, 5.41) is 0.641. The number of nitrogens with zero attached hydrogens (tertiary/aromatic N) is 3. The molecule has 2 aliphatic rings. The summed E-state index contributed by atoms with van der Waals surface area (Å²) in [6.45, 7) is 5.59. The van der Waals surface area contributed by atoms with Crippen LogP contribution in [0.25, 0.3) is 0 Å². The molecule has 0 amide bonds. The Balaban J connectivity index is 1.59. The van der Waals surface area contributed by atoms with Crippen LogP contribution in [0.2, 0.25) is 5.02 Å². The van der Waals surface area contributed by atoms with Crippen LogP contribution in [0.15, 0.2) is 47.5 Å². The lowest BCUT2D eigenvalue weighted by atomic mass is 10.1. The van der Waals surface area contributed by atoms with Crippen molar-refractivity contribution < 1.29 is 14.3 Å². The number of esters is 1. The highest BCUT2D eigenvalue weighted by Crippen LogP contribution is 2.38. The fourth-order valence-corrected chi connectivity index (χ4v) is 3.61. The lowest BCUT2D eigenvalue weighted by Crippen LogP contribution is -2.50. The number of carbonyl (C=O) groups excluding carboxylic acids is 1. The maximum atomic E-state index is 11.7. The molecular weight excluding hydrogens is 378 g/mol. The molecule has 1 fully saturated rings. The van der Waals surface area contributed by atoms with E-state index in [1.165, 1.54) is 0 Å². The first-order valence-electron chi connectivity index (χ1n) is 9.42. The van der Waals surface area contributed by atoms with E-state index in [1.807, 2.05) is 49.4 Å². The summed E-state index contributed by atoms with van der Waals surface area (Å²) >= 11 is 6.27. The third-order valence-corrected chi connectivity index (χ3v) is 5.06. The molecule has 28 heavy (non-hydrogen) atoms. The number of amidine groups is 1. The summed E-state index contributed by atoms with van der Waals surface area (Å²) in [6.07, 6.45) is 0. The third kappa shape index (κ3) is 3.98. The van der Waals surface area contributed by atoms with Gasteiger partial charge in [0.1, 0.15) is 17.3 Å². The Bertz CT molecular complexity index is 908. The van der Waals surface area contributed by atoms with E-state index in [0.29, 0.717) is 18.2 Å². The van der Waals surface area contributed by atoms with Gasteiger partial charge in [-0.3, -0.25) is 9.69 Å². The Labute approximate surface area is 169 Å². The van der Waals surface area contributed by atoms with E-state index in [1.54, 1.807) is 0 Å². The number of ether oxygens (including phenoxy) is 2. The van der Waals surface area contributed by atoms with E-state index < -0.39 is 0 Å². The zero-order valence-electron chi connectivity index (χ0n) is 15.7. The third-order valence-electron chi connectivity index (χ3n) is 4.82. The van der Waals surface area contributed by atoms with Gasteiger partial charge in [-0.05, 0) is 37.3 Å². The minimum Gasteiger partial charge on any atom is -0.465 e. The number of piperazine rings is 1. The van der Waals surface area contributed by atoms with E-state index in [9.17, 15) is 4.79 Å².